The molecule has 0 aliphatic carbocycles. The number of rotatable bonds is 4. The Bertz CT molecular complexity index is 1170. The van der Waals surface area contributed by atoms with Crippen molar-refractivity contribution in [2.45, 2.75) is 32.3 Å². The van der Waals surface area contributed by atoms with Crippen LogP contribution in [0.2, 0.25) is 0 Å². The fourth-order valence-electron chi connectivity index (χ4n) is 4.26. The third-order valence-corrected chi connectivity index (χ3v) is 5.82. The first-order valence-corrected chi connectivity index (χ1v) is 11.4. The maximum Gasteiger partial charge on any atom is 0.410 e. The Morgan fingerprint density at radius 2 is 1.62 bits per heavy atom. The topological polar surface area (TPSA) is 58.6 Å². The number of benzene rings is 3. The van der Waals surface area contributed by atoms with Crippen LogP contribution in [-0.4, -0.2) is 35.6 Å². The number of nitrogens with zero attached hydrogens (tertiary/aromatic N) is 1. The molecule has 1 saturated heterocycles. The summed E-state index contributed by atoms with van der Waals surface area (Å²) in [5, 5.41) is 3.00. The summed E-state index contributed by atoms with van der Waals surface area (Å²) in [5.41, 5.74) is 2.74. The van der Waals surface area contributed by atoms with Gasteiger partial charge < -0.3 is 15.0 Å². The van der Waals surface area contributed by atoms with E-state index in [0.717, 1.165) is 11.1 Å². The fourth-order valence-corrected chi connectivity index (χ4v) is 4.26. The summed E-state index contributed by atoms with van der Waals surface area (Å²) in [5.74, 6) is -1.48. The maximum absolute atomic E-state index is 14.0. The average Bonchev–Trinajstić information content (AvgIpc) is 3.25. The van der Waals surface area contributed by atoms with Gasteiger partial charge in [-0.15, -0.1) is 0 Å². The van der Waals surface area contributed by atoms with E-state index in [4.69, 9.17) is 4.74 Å². The second-order valence-electron chi connectivity index (χ2n) is 9.59. The van der Waals surface area contributed by atoms with Gasteiger partial charge in [0.1, 0.15) is 11.4 Å². The molecule has 4 rings (SSSR count). The second-order valence-corrected chi connectivity index (χ2v) is 9.59. The number of likely N-dealkylation sites (tertiary alicyclic amines) is 1. The minimum Gasteiger partial charge on any atom is -0.444 e. The first-order valence-electron chi connectivity index (χ1n) is 11.4. The van der Waals surface area contributed by atoms with Crippen molar-refractivity contribution in [2.75, 3.05) is 18.4 Å². The summed E-state index contributed by atoms with van der Waals surface area (Å²) < 4.78 is 19.5. The van der Waals surface area contributed by atoms with E-state index in [0.29, 0.717) is 11.3 Å². The summed E-state index contributed by atoms with van der Waals surface area (Å²) in [6.45, 7) is 5.87. The quantitative estimate of drug-likeness (QED) is 0.513. The second kappa shape index (κ2) is 9.67. The lowest BCUT2D eigenvalue weighted by Crippen LogP contribution is -2.36. The Morgan fingerprint density at radius 1 is 0.912 bits per heavy atom. The molecule has 1 heterocycles. The number of ether oxygens (including phenoxy) is 1. The van der Waals surface area contributed by atoms with Crippen molar-refractivity contribution in [2.24, 2.45) is 5.92 Å². The molecule has 0 spiro atoms. The summed E-state index contributed by atoms with van der Waals surface area (Å²) in [4.78, 5) is 27.7. The monoisotopic (exact) mass is 460 g/mol. The number of amides is 2. The van der Waals surface area contributed by atoms with E-state index in [2.05, 4.69) is 5.32 Å². The lowest BCUT2D eigenvalue weighted by molar-refractivity contribution is -0.119. The first kappa shape index (κ1) is 23.5. The van der Waals surface area contributed by atoms with Crippen LogP contribution in [0.25, 0.3) is 11.1 Å². The Labute approximate surface area is 199 Å². The van der Waals surface area contributed by atoms with Gasteiger partial charge in [0, 0.05) is 24.7 Å². The van der Waals surface area contributed by atoms with Gasteiger partial charge >= 0.3 is 6.09 Å². The van der Waals surface area contributed by atoms with Crippen LogP contribution in [0.1, 0.15) is 32.3 Å². The van der Waals surface area contributed by atoms with Gasteiger partial charge in [-0.25, -0.2) is 9.18 Å². The van der Waals surface area contributed by atoms with Crippen molar-refractivity contribution in [1.82, 2.24) is 4.90 Å². The van der Waals surface area contributed by atoms with Crippen LogP contribution in [0.5, 0.6) is 0 Å². The van der Waals surface area contributed by atoms with Crippen LogP contribution in [0.15, 0.2) is 78.9 Å². The zero-order valence-electron chi connectivity index (χ0n) is 19.6. The van der Waals surface area contributed by atoms with Gasteiger partial charge in [-0.05, 0) is 61.7 Å². The number of halogens is 1. The molecule has 1 aliphatic heterocycles. The average molecular weight is 461 g/mol. The van der Waals surface area contributed by atoms with Crippen LogP contribution in [0.4, 0.5) is 14.9 Å². The molecule has 1 aliphatic rings. The van der Waals surface area contributed by atoms with E-state index in [-0.39, 0.29) is 30.7 Å². The number of hydrogen-bond acceptors (Lipinski definition) is 3. The molecule has 0 bridgehead atoms. The molecule has 2 atom stereocenters. The number of carbonyl (C=O) groups excluding carboxylic acids is 2. The van der Waals surface area contributed by atoms with E-state index in [1.54, 1.807) is 32.9 Å². The van der Waals surface area contributed by atoms with Gasteiger partial charge in [-0.2, -0.15) is 0 Å². The molecule has 34 heavy (non-hydrogen) atoms. The number of carbonyl (C=O) groups is 2. The molecule has 6 heteroatoms. The van der Waals surface area contributed by atoms with Gasteiger partial charge in [-0.3, -0.25) is 4.79 Å². The number of hydrogen-bond donors (Lipinski definition) is 1. The smallest absolute Gasteiger partial charge is 0.410 e. The van der Waals surface area contributed by atoms with E-state index in [1.807, 2.05) is 54.6 Å². The number of anilines is 1. The third-order valence-electron chi connectivity index (χ3n) is 5.82. The largest absolute Gasteiger partial charge is 0.444 e. The van der Waals surface area contributed by atoms with Crippen molar-refractivity contribution in [3.8, 4) is 11.1 Å². The zero-order valence-corrected chi connectivity index (χ0v) is 19.6. The molecule has 1 N–H and O–H groups in total. The molecule has 2 unspecified atom stereocenters. The van der Waals surface area contributed by atoms with Crippen molar-refractivity contribution in [3.05, 3.63) is 90.2 Å². The SMILES string of the molecule is CC(C)(C)OC(=O)N1CC(C(=O)Nc2cccc(-c3ccccc3)c2)C(c2cccc(F)c2)C1. The van der Waals surface area contributed by atoms with Crippen LogP contribution >= 0.6 is 0 Å². The Balaban J connectivity index is 1.57. The van der Waals surface area contributed by atoms with Gasteiger partial charge in [0.25, 0.3) is 0 Å². The lowest BCUT2D eigenvalue weighted by Gasteiger charge is -2.24. The predicted octanol–water partition coefficient (Wildman–Crippen LogP) is 6.08. The van der Waals surface area contributed by atoms with Gasteiger partial charge in [-0.1, -0.05) is 54.6 Å². The van der Waals surface area contributed by atoms with Crippen molar-refractivity contribution in [1.29, 1.82) is 0 Å². The molecule has 176 valence electrons. The standard InChI is InChI=1S/C28H29FN2O3/c1-28(2,3)34-27(33)31-17-24(21-12-7-13-22(29)15-21)25(18-31)26(32)30-23-14-8-11-20(16-23)19-9-5-4-6-10-19/h4-16,24-25H,17-18H2,1-3H3,(H,30,32). The minimum absolute atomic E-state index is 0.195. The number of nitrogens with one attached hydrogen (secondary N) is 1. The molecule has 3 aromatic rings. The Kier molecular flexibility index (Phi) is 6.68. The molecule has 0 aromatic heterocycles. The van der Waals surface area contributed by atoms with Crippen LogP contribution in [0, 0.1) is 11.7 Å². The summed E-state index contributed by atoms with van der Waals surface area (Å²) in [6, 6.07) is 23.8. The van der Waals surface area contributed by atoms with Gasteiger partial charge in [0.05, 0.1) is 5.92 Å². The summed E-state index contributed by atoms with van der Waals surface area (Å²) >= 11 is 0. The molecule has 2 amide bonds. The van der Waals surface area contributed by atoms with Crippen molar-refractivity contribution in [3.63, 3.8) is 0 Å². The highest BCUT2D eigenvalue weighted by atomic mass is 19.1. The minimum atomic E-state index is -0.649. The van der Waals surface area contributed by atoms with Gasteiger partial charge in [0.2, 0.25) is 5.91 Å². The first-order chi connectivity index (χ1) is 16.2. The lowest BCUT2D eigenvalue weighted by atomic mass is 9.88. The normalized spacial score (nSPS) is 17.9. The molecular weight excluding hydrogens is 431 g/mol. The molecule has 3 aromatic carbocycles. The van der Waals surface area contributed by atoms with Crippen molar-refractivity contribution >= 4 is 17.7 Å². The molecular formula is C28H29FN2O3. The zero-order chi connectivity index (χ0) is 24.3. The van der Waals surface area contributed by atoms with Crippen LogP contribution in [-0.2, 0) is 9.53 Å². The Morgan fingerprint density at radius 3 is 2.32 bits per heavy atom. The Hall–Kier alpha value is -3.67. The highest BCUT2D eigenvalue weighted by molar-refractivity contribution is 5.94. The van der Waals surface area contributed by atoms with Crippen LogP contribution in [0.3, 0.4) is 0 Å². The molecule has 5 nitrogen and oxygen atoms in total. The predicted molar refractivity (Wildman–Crippen MR) is 131 cm³/mol. The van der Waals surface area contributed by atoms with E-state index in [1.165, 1.54) is 17.0 Å². The highest BCUT2D eigenvalue weighted by Crippen LogP contribution is 2.35. The van der Waals surface area contributed by atoms with E-state index >= 15 is 0 Å². The highest BCUT2D eigenvalue weighted by Gasteiger charge is 2.42. The van der Waals surface area contributed by atoms with Crippen LogP contribution < -0.4 is 5.32 Å². The maximum atomic E-state index is 14.0. The summed E-state index contributed by atoms with van der Waals surface area (Å²) in [7, 11) is 0. The molecule has 1 fully saturated rings. The third kappa shape index (κ3) is 5.63. The van der Waals surface area contributed by atoms with Gasteiger partial charge in [0.15, 0.2) is 0 Å². The van der Waals surface area contributed by atoms with E-state index < -0.39 is 17.6 Å². The van der Waals surface area contributed by atoms with E-state index in [9.17, 15) is 14.0 Å². The summed E-state index contributed by atoms with van der Waals surface area (Å²) in [6.07, 6.45) is -0.477. The molecule has 0 saturated carbocycles. The van der Waals surface area contributed by atoms with Crippen molar-refractivity contribution < 1.29 is 18.7 Å². The fraction of sp³-hybridized carbons (Fsp3) is 0.286. The molecule has 0 radical (unpaired) electrons.